The molecule has 0 radical (unpaired) electrons. The van der Waals surface area contributed by atoms with Crippen molar-refractivity contribution in [1.29, 1.82) is 0 Å². The van der Waals surface area contributed by atoms with Gasteiger partial charge in [0.15, 0.2) is 0 Å². The van der Waals surface area contributed by atoms with Gasteiger partial charge in [-0.15, -0.1) is 0 Å². The van der Waals surface area contributed by atoms with Crippen LogP contribution >= 0.6 is 11.6 Å². The predicted molar refractivity (Wildman–Crippen MR) is 86.5 cm³/mol. The fourth-order valence-corrected chi connectivity index (χ4v) is 2.45. The van der Waals surface area contributed by atoms with Gasteiger partial charge >= 0.3 is 0 Å². The maximum Gasteiger partial charge on any atom is 0.254 e. The number of carbonyl (C=O) groups is 1. The van der Waals surface area contributed by atoms with E-state index in [0.717, 1.165) is 25.1 Å². The van der Waals surface area contributed by atoms with Gasteiger partial charge in [0.1, 0.15) is 0 Å². The molecule has 21 heavy (non-hydrogen) atoms. The molecule has 0 atom stereocenters. The van der Waals surface area contributed by atoms with Crippen LogP contribution in [0.3, 0.4) is 0 Å². The van der Waals surface area contributed by atoms with Crippen LogP contribution in [0.15, 0.2) is 42.6 Å². The third-order valence-corrected chi connectivity index (χ3v) is 3.78. The van der Waals surface area contributed by atoms with Gasteiger partial charge in [0, 0.05) is 36.1 Å². The van der Waals surface area contributed by atoms with Crippen LogP contribution in [0.5, 0.6) is 0 Å². The number of unbranched alkanes of at least 4 members (excludes halogenated alkanes) is 1. The molecule has 112 valence electrons. The zero-order valence-corrected chi connectivity index (χ0v) is 13.3. The van der Waals surface area contributed by atoms with Gasteiger partial charge < -0.3 is 9.47 Å². The van der Waals surface area contributed by atoms with Gasteiger partial charge in [-0.2, -0.15) is 0 Å². The lowest BCUT2D eigenvalue weighted by Crippen LogP contribution is -2.32. The molecule has 0 spiro atoms. The van der Waals surface area contributed by atoms with Crippen LogP contribution in [0.25, 0.3) is 0 Å². The highest BCUT2D eigenvalue weighted by atomic mass is 35.5. The van der Waals surface area contributed by atoms with E-state index in [0.29, 0.717) is 17.1 Å². The highest BCUT2D eigenvalue weighted by Gasteiger charge is 2.17. The van der Waals surface area contributed by atoms with Crippen molar-refractivity contribution in [3.63, 3.8) is 0 Å². The van der Waals surface area contributed by atoms with Crippen LogP contribution in [-0.2, 0) is 13.6 Å². The minimum absolute atomic E-state index is 0.0344. The number of benzene rings is 1. The molecule has 1 aromatic carbocycles. The van der Waals surface area contributed by atoms with Crippen LogP contribution in [0, 0.1) is 0 Å². The van der Waals surface area contributed by atoms with Crippen molar-refractivity contribution in [3.05, 3.63) is 58.9 Å². The van der Waals surface area contributed by atoms with E-state index < -0.39 is 0 Å². The van der Waals surface area contributed by atoms with Crippen molar-refractivity contribution in [2.45, 2.75) is 26.3 Å². The van der Waals surface area contributed by atoms with Gasteiger partial charge in [0.2, 0.25) is 0 Å². The maximum atomic E-state index is 12.7. The van der Waals surface area contributed by atoms with Crippen molar-refractivity contribution in [3.8, 4) is 0 Å². The molecule has 2 aromatic rings. The Balaban J connectivity index is 2.18. The lowest BCUT2D eigenvalue weighted by molar-refractivity contribution is 0.0737. The molecule has 2 rings (SSSR count). The summed E-state index contributed by atoms with van der Waals surface area (Å²) in [6.45, 7) is 3.51. The Hall–Kier alpha value is -1.74. The molecule has 0 fully saturated rings. The number of amides is 1. The summed E-state index contributed by atoms with van der Waals surface area (Å²) in [6, 6.07) is 11.2. The number of aryl methyl sites for hydroxylation is 1. The molecule has 1 aromatic heterocycles. The number of nitrogens with zero attached hydrogens (tertiary/aromatic N) is 2. The Kier molecular flexibility index (Phi) is 5.45. The lowest BCUT2D eigenvalue weighted by atomic mass is 10.2. The number of carbonyl (C=O) groups excluding carboxylic acids is 1. The zero-order valence-electron chi connectivity index (χ0n) is 12.6. The molecule has 0 aliphatic rings. The first-order chi connectivity index (χ1) is 10.1. The van der Waals surface area contributed by atoms with Crippen LogP contribution in [0.2, 0.25) is 5.02 Å². The lowest BCUT2D eigenvalue weighted by Gasteiger charge is -2.23. The monoisotopic (exact) mass is 304 g/mol. The standard InChI is InChI=1S/C17H21ClN2O/c1-3-4-11-20(13-16-9-6-10-19(16)2)17(21)14-7-5-8-15(18)12-14/h5-10,12H,3-4,11,13H2,1-2H3. The summed E-state index contributed by atoms with van der Waals surface area (Å²) in [5.41, 5.74) is 1.77. The van der Waals surface area contributed by atoms with E-state index >= 15 is 0 Å². The van der Waals surface area contributed by atoms with E-state index in [2.05, 4.69) is 6.92 Å². The fraction of sp³-hybridized carbons (Fsp3) is 0.353. The second-order valence-electron chi connectivity index (χ2n) is 5.20. The van der Waals surface area contributed by atoms with E-state index in [1.165, 1.54) is 0 Å². The smallest absolute Gasteiger partial charge is 0.254 e. The van der Waals surface area contributed by atoms with Gasteiger partial charge in [0.25, 0.3) is 5.91 Å². The first kappa shape index (κ1) is 15.6. The van der Waals surface area contributed by atoms with E-state index in [1.807, 2.05) is 47.0 Å². The van der Waals surface area contributed by atoms with E-state index in [4.69, 9.17) is 11.6 Å². The van der Waals surface area contributed by atoms with Crippen LogP contribution < -0.4 is 0 Å². The molecule has 0 saturated heterocycles. The van der Waals surface area contributed by atoms with Gasteiger partial charge in [0.05, 0.1) is 6.54 Å². The zero-order chi connectivity index (χ0) is 15.2. The van der Waals surface area contributed by atoms with Gasteiger partial charge in [-0.25, -0.2) is 0 Å². The quantitative estimate of drug-likeness (QED) is 0.788. The highest BCUT2D eigenvalue weighted by molar-refractivity contribution is 6.30. The van der Waals surface area contributed by atoms with E-state index in [-0.39, 0.29) is 5.91 Å². The number of aromatic nitrogens is 1. The Bertz CT molecular complexity index is 606. The minimum Gasteiger partial charge on any atom is -0.353 e. The van der Waals surface area contributed by atoms with E-state index in [9.17, 15) is 4.79 Å². The molecular weight excluding hydrogens is 284 g/mol. The Labute approximate surface area is 131 Å². The number of halogens is 1. The van der Waals surface area contributed by atoms with Crippen molar-refractivity contribution in [2.75, 3.05) is 6.54 Å². The summed E-state index contributed by atoms with van der Waals surface area (Å²) in [5, 5.41) is 0.593. The molecule has 0 bridgehead atoms. The second kappa shape index (κ2) is 7.32. The van der Waals surface area contributed by atoms with Gasteiger partial charge in [-0.1, -0.05) is 31.0 Å². The van der Waals surface area contributed by atoms with Crippen LogP contribution in [0.1, 0.15) is 35.8 Å². The normalized spacial score (nSPS) is 10.6. The molecule has 0 saturated carbocycles. The van der Waals surface area contributed by atoms with Crippen molar-refractivity contribution in [2.24, 2.45) is 7.05 Å². The Morgan fingerprint density at radius 1 is 1.29 bits per heavy atom. The molecular formula is C17H21ClN2O. The van der Waals surface area contributed by atoms with Gasteiger partial charge in [-0.05, 0) is 36.8 Å². The summed E-state index contributed by atoms with van der Waals surface area (Å²) in [4.78, 5) is 14.6. The second-order valence-corrected chi connectivity index (χ2v) is 5.64. The largest absolute Gasteiger partial charge is 0.353 e. The summed E-state index contributed by atoms with van der Waals surface area (Å²) >= 11 is 5.99. The molecule has 1 amide bonds. The molecule has 0 unspecified atom stereocenters. The fourth-order valence-electron chi connectivity index (χ4n) is 2.26. The van der Waals surface area contributed by atoms with E-state index in [1.54, 1.807) is 12.1 Å². The maximum absolute atomic E-state index is 12.7. The molecule has 0 aliphatic carbocycles. The Morgan fingerprint density at radius 3 is 2.71 bits per heavy atom. The molecule has 0 N–H and O–H groups in total. The molecule has 0 aliphatic heterocycles. The first-order valence-corrected chi connectivity index (χ1v) is 7.64. The summed E-state index contributed by atoms with van der Waals surface area (Å²) in [7, 11) is 2.00. The number of rotatable bonds is 6. The summed E-state index contributed by atoms with van der Waals surface area (Å²) in [5.74, 6) is 0.0344. The topological polar surface area (TPSA) is 25.2 Å². The SMILES string of the molecule is CCCCN(Cc1cccn1C)C(=O)c1cccc(Cl)c1. The van der Waals surface area contributed by atoms with Crippen molar-refractivity contribution >= 4 is 17.5 Å². The van der Waals surface area contributed by atoms with Crippen molar-refractivity contribution < 1.29 is 4.79 Å². The van der Waals surface area contributed by atoms with Crippen LogP contribution in [0.4, 0.5) is 0 Å². The third-order valence-electron chi connectivity index (χ3n) is 3.54. The highest BCUT2D eigenvalue weighted by Crippen LogP contribution is 2.15. The summed E-state index contributed by atoms with van der Waals surface area (Å²) < 4.78 is 2.05. The average molecular weight is 305 g/mol. The summed E-state index contributed by atoms with van der Waals surface area (Å²) in [6.07, 6.45) is 4.06. The number of hydrogen-bond donors (Lipinski definition) is 0. The minimum atomic E-state index is 0.0344. The molecule has 4 heteroatoms. The Morgan fingerprint density at radius 2 is 2.10 bits per heavy atom. The number of hydrogen-bond acceptors (Lipinski definition) is 1. The third kappa shape index (κ3) is 4.11. The molecule has 3 nitrogen and oxygen atoms in total. The first-order valence-electron chi connectivity index (χ1n) is 7.27. The van der Waals surface area contributed by atoms with Crippen LogP contribution in [-0.4, -0.2) is 21.9 Å². The molecule has 1 heterocycles. The predicted octanol–water partition coefficient (Wildman–Crippen LogP) is 4.12. The van der Waals surface area contributed by atoms with Crippen molar-refractivity contribution in [1.82, 2.24) is 9.47 Å². The average Bonchev–Trinajstić information content (AvgIpc) is 2.88. The van der Waals surface area contributed by atoms with Gasteiger partial charge in [-0.3, -0.25) is 4.79 Å².